The summed E-state index contributed by atoms with van der Waals surface area (Å²) in [6.45, 7) is 0. The fourth-order valence-electron chi connectivity index (χ4n) is 0.978. The summed E-state index contributed by atoms with van der Waals surface area (Å²) in [4.78, 5) is 0. The highest BCUT2D eigenvalue weighted by atomic mass is 16.4. The fourth-order valence-corrected chi connectivity index (χ4v) is 0.978. The summed E-state index contributed by atoms with van der Waals surface area (Å²) in [5.41, 5.74) is 1.31. The smallest absolute Gasteiger partial charge is 0.105 e. The minimum atomic E-state index is 0.314. The van der Waals surface area contributed by atoms with Crippen LogP contribution in [0, 0.1) is 0 Å². The van der Waals surface area contributed by atoms with Crippen LogP contribution in [0.1, 0.15) is 5.56 Å². The molecule has 4 nitrogen and oxygen atoms in total. The zero-order chi connectivity index (χ0) is 9.52. The van der Waals surface area contributed by atoms with E-state index in [1.165, 1.54) is 0 Å². The van der Waals surface area contributed by atoms with Crippen molar-refractivity contribution >= 4 is 11.9 Å². The van der Waals surface area contributed by atoms with E-state index in [0.29, 0.717) is 12.1 Å². The standard InChI is InChI=1S/C9H10N2O2/c12-10-7-9(11-13)6-8-4-2-1-3-5-8/h1-5,7,12-13H,6H2. The lowest BCUT2D eigenvalue weighted by molar-refractivity contribution is 0.315. The van der Waals surface area contributed by atoms with Crippen molar-refractivity contribution in [2.75, 3.05) is 0 Å². The molecular formula is C9H10N2O2. The molecule has 0 aromatic heterocycles. The summed E-state index contributed by atoms with van der Waals surface area (Å²) in [7, 11) is 0. The maximum atomic E-state index is 8.50. The lowest BCUT2D eigenvalue weighted by Gasteiger charge is -1.97. The molecule has 0 fully saturated rings. The molecule has 0 amide bonds. The first-order valence-corrected chi connectivity index (χ1v) is 3.79. The van der Waals surface area contributed by atoms with E-state index in [2.05, 4.69) is 10.3 Å². The van der Waals surface area contributed by atoms with E-state index >= 15 is 0 Å². The third-order valence-corrected chi connectivity index (χ3v) is 1.56. The van der Waals surface area contributed by atoms with Crippen LogP contribution in [0.2, 0.25) is 0 Å². The van der Waals surface area contributed by atoms with Crippen molar-refractivity contribution in [3.05, 3.63) is 35.9 Å². The molecule has 4 heteroatoms. The maximum Gasteiger partial charge on any atom is 0.105 e. The van der Waals surface area contributed by atoms with Crippen LogP contribution in [0.4, 0.5) is 0 Å². The third kappa shape index (κ3) is 2.94. The van der Waals surface area contributed by atoms with Crippen molar-refractivity contribution < 1.29 is 10.4 Å². The molecule has 13 heavy (non-hydrogen) atoms. The SMILES string of the molecule is ON=CC(Cc1ccccc1)=NO. The van der Waals surface area contributed by atoms with Crippen molar-refractivity contribution in [1.29, 1.82) is 0 Å². The monoisotopic (exact) mass is 178 g/mol. The van der Waals surface area contributed by atoms with E-state index in [0.717, 1.165) is 11.8 Å². The van der Waals surface area contributed by atoms with E-state index in [1.807, 2.05) is 30.3 Å². The van der Waals surface area contributed by atoms with E-state index in [-0.39, 0.29) is 0 Å². The van der Waals surface area contributed by atoms with Gasteiger partial charge in [-0.15, -0.1) is 0 Å². The van der Waals surface area contributed by atoms with Crippen LogP contribution in [0.5, 0.6) is 0 Å². The van der Waals surface area contributed by atoms with Gasteiger partial charge in [0.25, 0.3) is 0 Å². The largest absolute Gasteiger partial charge is 0.411 e. The minimum absolute atomic E-state index is 0.314. The molecule has 0 saturated carbocycles. The van der Waals surface area contributed by atoms with E-state index < -0.39 is 0 Å². The molecule has 0 aliphatic heterocycles. The quantitative estimate of drug-likeness (QED) is 0.418. The van der Waals surface area contributed by atoms with Crippen LogP contribution < -0.4 is 0 Å². The van der Waals surface area contributed by atoms with Crippen LogP contribution in [-0.2, 0) is 6.42 Å². The van der Waals surface area contributed by atoms with Crippen LogP contribution >= 0.6 is 0 Å². The Morgan fingerprint density at radius 2 is 1.92 bits per heavy atom. The predicted octanol–water partition coefficient (Wildman–Crippen LogP) is 1.52. The Labute approximate surface area is 75.8 Å². The number of hydrogen-bond acceptors (Lipinski definition) is 4. The molecule has 0 bridgehead atoms. The van der Waals surface area contributed by atoms with Crippen LogP contribution in [0.25, 0.3) is 0 Å². The Kier molecular flexibility index (Phi) is 3.50. The predicted molar refractivity (Wildman–Crippen MR) is 49.6 cm³/mol. The lowest BCUT2D eigenvalue weighted by atomic mass is 10.1. The van der Waals surface area contributed by atoms with Crippen molar-refractivity contribution in [3.63, 3.8) is 0 Å². The minimum Gasteiger partial charge on any atom is -0.411 e. The molecule has 1 aromatic rings. The normalized spacial score (nSPS) is 12.2. The second-order valence-electron chi connectivity index (χ2n) is 2.50. The Morgan fingerprint density at radius 3 is 2.46 bits per heavy atom. The number of oxime groups is 2. The molecule has 0 unspecified atom stereocenters. The summed E-state index contributed by atoms with van der Waals surface area (Å²) < 4.78 is 0. The summed E-state index contributed by atoms with van der Waals surface area (Å²) in [5.74, 6) is 0. The van der Waals surface area contributed by atoms with Gasteiger partial charge in [0.2, 0.25) is 0 Å². The molecule has 0 heterocycles. The van der Waals surface area contributed by atoms with E-state index in [9.17, 15) is 0 Å². The topological polar surface area (TPSA) is 65.2 Å². The van der Waals surface area contributed by atoms with Crippen molar-refractivity contribution in [2.45, 2.75) is 6.42 Å². The average molecular weight is 178 g/mol. The van der Waals surface area contributed by atoms with Gasteiger partial charge in [-0.3, -0.25) is 0 Å². The van der Waals surface area contributed by atoms with Gasteiger partial charge in [-0.05, 0) is 5.56 Å². The highest BCUT2D eigenvalue weighted by Gasteiger charge is 1.98. The molecule has 0 aliphatic carbocycles. The van der Waals surface area contributed by atoms with Gasteiger partial charge < -0.3 is 10.4 Å². The van der Waals surface area contributed by atoms with Gasteiger partial charge in [0.15, 0.2) is 0 Å². The Bertz CT molecular complexity index is 307. The van der Waals surface area contributed by atoms with Crippen molar-refractivity contribution in [2.24, 2.45) is 10.3 Å². The Morgan fingerprint density at radius 1 is 1.23 bits per heavy atom. The van der Waals surface area contributed by atoms with Crippen LogP contribution in [0.3, 0.4) is 0 Å². The first kappa shape index (κ1) is 9.25. The Hall–Kier alpha value is -1.84. The zero-order valence-electron chi connectivity index (χ0n) is 6.96. The van der Waals surface area contributed by atoms with E-state index in [4.69, 9.17) is 10.4 Å². The number of benzene rings is 1. The van der Waals surface area contributed by atoms with Gasteiger partial charge in [-0.25, -0.2) is 0 Å². The highest BCUT2D eigenvalue weighted by molar-refractivity contribution is 6.30. The van der Waals surface area contributed by atoms with Gasteiger partial charge in [0.1, 0.15) is 5.71 Å². The average Bonchev–Trinajstić information content (AvgIpc) is 2.19. The van der Waals surface area contributed by atoms with Gasteiger partial charge in [-0.1, -0.05) is 40.6 Å². The molecule has 1 rings (SSSR count). The highest BCUT2D eigenvalue weighted by Crippen LogP contribution is 1.99. The number of hydrogen-bond donors (Lipinski definition) is 2. The lowest BCUT2D eigenvalue weighted by Crippen LogP contribution is -2.04. The molecule has 2 N–H and O–H groups in total. The molecule has 0 spiro atoms. The van der Waals surface area contributed by atoms with Crippen molar-refractivity contribution in [1.82, 2.24) is 0 Å². The number of nitrogens with zero attached hydrogens (tertiary/aromatic N) is 2. The first-order valence-electron chi connectivity index (χ1n) is 3.79. The van der Waals surface area contributed by atoms with Gasteiger partial charge >= 0.3 is 0 Å². The van der Waals surface area contributed by atoms with E-state index in [1.54, 1.807) is 0 Å². The molecular weight excluding hydrogens is 168 g/mol. The van der Waals surface area contributed by atoms with Gasteiger partial charge in [0, 0.05) is 6.42 Å². The third-order valence-electron chi connectivity index (χ3n) is 1.56. The van der Waals surface area contributed by atoms with Gasteiger partial charge in [0.05, 0.1) is 6.21 Å². The molecule has 0 atom stereocenters. The molecule has 0 saturated heterocycles. The first-order chi connectivity index (χ1) is 6.36. The summed E-state index contributed by atoms with van der Waals surface area (Å²) in [6.07, 6.45) is 1.55. The fraction of sp³-hybridized carbons (Fsp3) is 0.111. The van der Waals surface area contributed by atoms with Crippen molar-refractivity contribution in [3.8, 4) is 0 Å². The summed E-state index contributed by atoms with van der Waals surface area (Å²) in [6, 6.07) is 9.48. The summed E-state index contributed by atoms with van der Waals surface area (Å²) in [5, 5.41) is 22.5. The molecule has 1 aromatic carbocycles. The van der Waals surface area contributed by atoms with Gasteiger partial charge in [-0.2, -0.15) is 0 Å². The van der Waals surface area contributed by atoms with Crippen LogP contribution in [0.15, 0.2) is 40.6 Å². The van der Waals surface area contributed by atoms with Crippen LogP contribution in [-0.4, -0.2) is 22.3 Å². The second-order valence-corrected chi connectivity index (χ2v) is 2.50. The summed E-state index contributed by atoms with van der Waals surface area (Å²) >= 11 is 0. The maximum absolute atomic E-state index is 8.50. The zero-order valence-corrected chi connectivity index (χ0v) is 6.96. The molecule has 68 valence electrons. The second kappa shape index (κ2) is 4.92. The number of rotatable bonds is 3. The molecule has 0 aliphatic rings. The molecule has 0 radical (unpaired) electrons. The Balaban J connectivity index is 2.68.